The van der Waals surface area contributed by atoms with E-state index in [9.17, 15) is 0 Å². The summed E-state index contributed by atoms with van der Waals surface area (Å²) in [5, 5.41) is 2.63. The van der Waals surface area contributed by atoms with E-state index < -0.39 is 0 Å². The Labute approximate surface area is 451 Å². The summed E-state index contributed by atoms with van der Waals surface area (Å²) in [7, 11) is 0. The molecule has 3 nitrogen and oxygen atoms in total. The first-order valence-electron chi connectivity index (χ1n) is 27.7. The Morgan fingerprint density at radius 1 is 0.493 bits per heavy atom. The highest BCUT2D eigenvalue weighted by atomic mass is 32.1. The van der Waals surface area contributed by atoms with E-state index in [4.69, 9.17) is 0 Å². The van der Waals surface area contributed by atoms with Crippen LogP contribution in [0.1, 0.15) is 135 Å². The molecule has 1 fully saturated rings. The number of rotatable bonds is 4. The van der Waals surface area contributed by atoms with Crippen LogP contribution in [0.5, 0.6) is 0 Å². The van der Waals surface area contributed by atoms with E-state index in [1.54, 1.807) is 0 Å². The molecule has 8 aromatic carbocycles. The highest BCUT2D eigenvalue weighted by Crippen LogP contribution is 2.63. The number of benzene rings is 8. The third-order valence-electron chi connectivity index (χ3n) is 18.4. The van der Waals surface area contributed by atoms with Crippen molar-refractivity contribution in [3.05, 3.63) is 185 Å². The number of fused-ring (bicyclic) bond motifs is 10. The molecule has 5 heteroatoms. The van der Waals surface area contributed by atoms with E-state index in [0.29, 0.717) is 0 Å². The van der Waals surface area contributed by atoms with Crippen molar-refractivity contribution in [2.75, 3.05) is 14.7 Å². The van der Waals surface area contributed by atoms with Gasteiger partial charge in [0.1, 0.15) is 0 Å². The number of hydrogen-bond donors (Lipinski definition) is 0. The van der Waals surface area contributed by atoms with Gasteiger partial charge in [0.15, 0.2) is 0 Å². The predicted octanol–water partition coefficient (Wildman–Crippen LogP) is 18.1. The van der Waals surface area contributed by atoms with Gasteiger partial charge in [-0.05, 0) is 166 Å². The zero-order valence-electron chi connectivity index (χ0n) is 46.6. The van der Waals surface area contributed by atoms with E-state index >= 15 is 0 Å². The highest BCUT2D eigenvalue weighted by molar-refractivity contribution is 7.26. The van der Waals surface area contributed by atoms with Gasteiger partial charge in [-0.15, -0.1) is 11.3 Å². The SMILES string of the molecule is Cc1cc(C)c2c(c1)N(c1cc3c4c(c1)N(c1cccc5sc6ccccc6c15)c1ccc(C(C)(C)C)cc1B4c1cc(C(C)(C)C)ccc1N3c1ccc(C(C)(C)C)cc1-c1ccccc1)C1(C)CCCCC21C. The van der Waals surface area contributed by atoms with Crippen LogP contribution in [0.25, 0.3) is 31.3 Å². The minimum Gasteiger partial charge on any atom is -0.334 e. The van der Waals surface area contributed by atoms with Crippen LogP contribution in [0.15, 0.2) is 152 Å². The van der Waals surface area contributed by atoms with Crippen LogP contribution in [0.4, 0.5) is 45.5 Å². The summed E-state index contributed by atoms with van der Waals surface area (Å²) in [6.07, 6.45) is 4.77. The molecule has 0 saturated heterocycles. The van der Waals surface area contributed by atoms with Crippen LogP contribution in [0, 0.1) is 13.8 Å². The van der Waals surface area contributed by atoms with Gasteiger partial charge in [-0.2, -0.15) is 0 Å². The molecule has 2 unspecified atom stereocenters. The monoisotopic (exact) mass is 998 g/mol. The largest absolute Gasteiger partial charge is 0.334 e. The van der Waals surface area contributed by atoms with Crippen LogP contribution < -0.4 is 31.1 Å². The zero-order chi connectivity index (χ0) is 52.3. The van der Waals surface area contributed by atoms with Crippen LogP contribution in [0.3, 0.4) is 0 Å². The van der Waals surface area contributed by atoms with E-state index in [1.807, 2.05) is 11.3 Å². The number of hydrogen-bond acceptors (Lipinski definition) is 4. The molecule has 1 saturated carbocycles. The van der Waals surface area contributed by atoms with Crippen molar-refractivity contribution < 1.29 is 0 Å². The maximum Gasteiger partial charge on any atom is 0.252 e. The number of anilines is 8. The van der Waals surface area contributed by atoms with Gasteiger partial charge in [0, 0.05) is 65.3 Å². The molecule has 0 spiro atoms. The second-order valence-corrected chi connectivity index (χ2v) is 27.4. The zero-order valence-corrected chi connectivity index (χ0v) is 47.4. The van der Waals surface area contributed by atoms with Gasteiger partial charge in [-0.3, -0.25) is 0 Å². The van der Waals surface area contributed by atoms with Gasteiger partial charge < -0.3 is 14.7 Å². The van der Waals surface area contributed by atoms with Crippen molar-refractivity contribution >= 4 is 100 Å². The first-order chi connectivity index (χ1) is 35.7. The Hall–Kier alpha value is -6.56. The molecule has 4 heterocycles. The topological polar surface area (TPSA) is 9.72 Å². The Kier molecular flexibility index (Phi) is 10.6. The van der Waals surface area contributed by atoms with Crippen molar-refractivity contribution in [1.29, 1.82) is 0 Å². The van der Waals surface area contributed by atoms with Crippen LogP contribution in [-0.4, -0.2) is 12.3 Å². The fourth-order valence-electron chi connectivity index (χ4n) is 14.3. The summed E-state index contributed by atoms with van der Waals surface area (Å²) in [5.41, 5.74) is 24.6. The molecular weight excluding hydrogens is 926 g/mol. The smallest absolute Gasteiger partial charge is 0.252 e. The van der Waals surface area contributed by atoms with Gasteiger partial charge in [0.25, 0.3) is 6.71 Å². The summed E-state index contributed by atoms with van der Waals surface area (Å²) < 4.78 is 2.63. The standard InChI is InChI=1S/C70H72BN3S/c1-43-36-44(2)64-58(37-43)74(70(13)35-20-19-34-69(64,70)12)49-41-59-65-60(42-49)73(57-25-21-27-62-63(57)50-24-17-18-26-61(50)75-62)56-33-30-48(68(9,10)11)40-53(56)71(65)52-39-47(67(6,7)8)29-32-55(52)72(59)54-31-28-46(66(3,4)5)38-51(54)45-22-15-14-16-23-45/h14-18,21-33,36-42H,19-20,34-35H2,1-13H3. The minimum absolute atomic E-state index is 0.0240. The van der Waals surface area contributed by atoms with Crippen LogP contribution in [0.2, 0.25) is 0 Å². The third kappa shape index (κ3) is 7.12. The van der Waals surface area contributed by atoms with E-state index in [2.05, 4.69) is 256 Å². The Morgan fingerprint density at radius 2 is 1.05 bits per heavy atom. The fraction of sp³-hybridized carbons (Fsp3) is 0.314. The number of aryl methyl sites for hydroxylation is 2. The lowest BCUT2D eigenvalue weighted by Crippen LogP contribution is -2.62. The van der Waals surface area contributed by atoms with E-state index in [0.717, 1.165) is 6.42 Å². The average Bonchev–Trinajstić information content (AvgIpc) is 3.92. The Bertz CT molecular complexity index is 3820. The molecule has 0 bridgehead atoms. The Morgan fingerprint density at radius 3 is 1.69 bits per heavy atom. The second-order valence-electron chi connectivity index (χ2n) is 26.3. The van der Waals surface area contributed by atoms with Gasteiger partial charge >= 0.3 is 0 Å². The molecule has 0 amide bonds. The maximum atomic E-state index is 2.85. The molecular formula is C70H72BN3S. The molecule has 4 aliphatic rings. The molecule has 1 aromatic heterocycles. The maximum absolute atomic E-state index is 2.85. The molecule has 376 valence electrons. The second kappa shape index (κ2) is 16.5. The third-order valence-corrected chi connectivity index (χ3v) is 19.5. The van der Waals surface area contributed by atoms with Crippen molar-refractivity contribution in [2.45, 2.75) is 143 Å². The summed E-state index contributed by atoms with van der Waals surface area (Å²) in [6.45, 7) is 31.1. The lowest BCUT2D eigenvalue weighted by atomic mass is 9.33. The molecule has 0 N–H and O–H groups in total. The van der Waals surface area contributed by atoms with Crippen molar-refractivity contribution in [3.63, 3.8) is 0 Å². The Balaban J connectivity index is 1.22. The predicted molar refractivity (Wildman–Crippen MR) is 327 cm³/mol. The molecule has 75 heavy (non-hydrogen) atoms. The lowest BCUT2D eigenvalue weighted by Gasteiger charge is -2.51. The highest BCUT2D eigenvalue weighted by Gasteiger charge is 2.59. The summed E-state index contributed by atoms with van der Waals surface area (Å²) >= 11 is 1.91. The minimum atomic E-state index is -0.155. The summed E-state index contributed by atoms with van der Waals surface area (Å²) in [6, 6.07) is 59.9. The summed E-state index contributed by atoms with van der Waals surface area (Å²) in [4.78, 5) is 8.26. The molecule has 1 aliphatic carbocycles. The van der Waals surface area contributed by atoms with Crippen molar-refractivity contribution in [2.24, 2.45) is 0 Å². The van der Waals surface area contributed by atoms with Gasteiger partial charge in [0.05, 0.1) is 16.9 Å². The quantitative estimate of drug-likeness (QED) is 0.163. The number of thiophene rings is 1. The normalized spacial score (nSPS) is 19.1. The van der Waals surface area contributed by atoms with Gasteiger partial charge in [-0.25, -0.2) is 0 Å². The first kappa shape index (κ1) is 48.1. The van der Waals surface area contributed by atoms with E-state index in [1.165, 1.54) is 146 Å². The molecule has 9 aromatic rings. The fourth-order valence-corrected chi connectivity index (χ4v) is 15.5. The van der Waals surface area contributed by atoms with Crippen molar-refractivity contribution in [1.82, 2.24) is 0 Å². The average molecular weight is 998 g/mol. The van der Waals surface area contributed by atoms with Crippen LogP contribution in [-0.2, 0) is 21.7 Å². The molecule has 3 aliphatic heterocycles. The van der Waals surface area contributed by atoms with Gasteiger partial charge in [-0.1, -0.05) is 173 Å². The molecule has 13 rings (SSSR count). The number of nitrogens with zero attached hydrogens (tertiary/aromatic N) is 3. The molecule has 2 atom stereocenters. The first-order valence-corrected chi connectivity index (χ1v) is 28.6. The summed E-state index contributed by atoms with van der Waals surface area (Å²) in [5.74, 6) is 0. The van der Waals surface area contributed by atoms with Crippen LogP contribution >= 0.6 is 11.3 Å². The lowest BCUT2D eigenvalue weighted by molar-refractivity contribution is 0.194. The molecule has 0 radical (unpaired) electrons. The van der Waals surface area contributed by atoms with Crippen molar-refractivity contribution in [3.8, 4) is 11.1 Å². The van der Waals surface area contributed by atoms with E-state index in [-0.39, 0.29) is 33.9 Å². The van der Waals surface area contributed by atoms with Gasteiger partial charge in [0.2, 0.25) is 0 Å².